The van der Waals surface area contributed by atoms with Crippen LogP contribution in [0.3, 0.4) is 0 Å². The Bertz CT molecular complexity index is 312. The highest BCUT2D eigenvalue weighted by atomic mass is 19.1. The van der Waals surface area contributed by atoms with Gasteiger partial charge in [-0.05, 0) is 25.5 Å². The zero-order valence-corrected chi connectivity index (χ0v) is 7.84. The third-order valence-electron chi connectivity index (χ3n) is 1.96. The zero-order valence-electron chi connectivity index (χ0n) is 7.84. The van der Waals surface area contributed by atoms with Crippen LogP contribution in [0.1, 0.15) is 12.5 Å². The molecule has 0 fully saturated rings. The molecule has 0 aromatic heterocycles. The Kier molecular flexibility index (Phi) is 2.72. The van der Waals surface area contributed by atoms with Gasteiger partial charge in [-0.3, -0.25) is 0 Å². The Balaban J connectivity index is 3.15. The van der Waals surface area contributed by atoms with Crippen LogP contribution >= 0.6 is 0 Å². The number of hydrazine groups is 1. The molecule has 0 aliphatic heterocycles. The lowest BCUT2D eigenvalue weighted by atomic mass is 10.2. The number of nitrogen functional groups attached to an aromatic ring is 1. The van der Waals surface area contributed by atoms with Crippen molar-refractivity contribution in [2.45, 2.75) is 13.8 Å². The summed E-state index contributed by atoms with van der Waals surface area (Å²) in [6.07, 6.45) is 0. The van der Waals surface area contributed by atoms with E-state index in [0.717, 1.165) is 0 Å². The number of hydrogen-bond acceptors (Lipinski definition) is 3. The number of nitrogens with two attached hydrogens (primary N) is 2. The van der Waals surface area contributed by atoms with Crippen molar-refractivity contribution in [3.8, 4) is 0 Å². The summed E-state index contributed by atoms with van der Waals surface area (Å²) in [4.78, 5) is 0. The number of aryl methyl sites for hydroxylation is 1. The minimum Gasteiger partial charge on any atom is -0.397 e. The third-order valence-corrected chi connectivity index (χ3v) is 1.96. The van der Waals surface area contributed by atoms with Gasteiger partial charge < -0.3 is 10.7 Å². The second-order valence-corrected chi connectivity index (χ2v) is 2.95. The number of anilines is 2. The average Bonchev–Trinajstić information content (AvgIpc) is 2.10. The molecule has 0 heterocycles. The van der Waals surface area contributed by atoms with Crippen LogP contribution in [0.2, 0.25) is 0 Å². The molecule has 1 aromatic rings. The van der Waals surface area contributed by atoms with E-state index in [1.54, 1.807) is 13.0 Å². The van der Waals surface area contributed by atoms with Crippen molar-refractivity contribution in [2.75, 3.05) is 17.3 Å². The van der Waals surface area contributed by atoms with Gasteiger partial charge in [-0.15, -0.1) is 0 Å². The van der Waals surface area contributed by atoms with E-state index >= 15 is 0 Å². The van der Waals surface area contributed by atoms with Gasteiger partial charge in [-0.1, -0.05) is 0 Å². The van der Waals surface area contributed by atoms with Crippen LogP contribution in [0.4, 0.5) is 15.8 Å². The predicted octanol–water partition coefficient (Wildman–Crippen LogP) is 1.42. The van der Waals surface area contributed by atoms with Crippen molar-refractivity contribution < 1.29 is 4.39 Å². The molecule has 0 amide bonds. The largest absolute Gasteiger partial charge is 0.397 e. The van der Waals surface area contributed by atoms with Crippen LogP contribution in [-0.2, 0) is 0 Å². The monoisotopic (exact) mass is 183 g/mol. The molecule has 4 N–H and O–H groups in total. The van der Waals surface area contributed by atoms with Crippen LogP contribution in [0, 0.1) is 12.7 Å². The van der Waals surface area contributed by atoms with Crippen molar-refractivity contribution in [1.29, 1.82) is 0 Å². The van der Waals surface area contributed by atoms with Crippen LogP contribution < -0.4 is 16.6 Å². The normalized spacial score (nSPS) is 10.2. The van der Waals surface area contributed by atoms with E-state index in [4.69, 9.17) is 11.6 Å². The van der Waals surface area contributed by atoms with Crippen molar-refractivity contribution in [2.24, 2.45) is 5.84 Å². The molecule has 0 saturated carbocycles. The fourth-order valence-corrected chi connectivity index (χ4v) is 1.11. The van der Waals surface area contributed by atoms with Crippen molar-refractivity contribution in [1.82, 2.24) is 0 Å². The number of nitrogens with zero attached hydrogens (tertiary/aromatic N) is 1. The van der Waals surface area contributed by atoms with Crippen LogP contribution in [-0.4, -0.2) is 6.54 Å². The molecule has 0 bridgehead atoms. The van der Waals surface area contributed by atoms with Crippen LogP contribution in [0.25, 0.3) is 0 Å². The Hall–Kier alpha value is -1.29. The fourth-order valence-electron chi connectivity index (χ4n) is 1.11. The zero-order chi connectivity index (χ0) is 10.0. The van der Waals surface area contributed by atoms with Gasteiger partial charge in [0.05, 0.1) is 11.4 Å². The molecule has 0 saturated heterocycles. The van der Waals surface area contributed by atoms with Crippen molar-refractivity contribution in [3.05, 3.63) is 23.5 Å². The summed E-state index contributed by atoms with van der Waals surface area (Å²) in [5.74, 6) is 5.32. The Morgan fingerprint density at radius 1 is 1.46 bits per heavy atom. The SMILES string of the molecule is CCN(N)c1cc(F)c(C)cc1N. The number of halogens is 1. The Morgan fingerprint density at radius 3 is 2.62 bits per heavy atom. The highest BCUT2D eigenvalue weighted by molar-refractivity contribution is 5.67. The molecule has 0 aliphatic rings. The van der Waals surface area contributed by atoms with E-state index in [-0.39, 0.29) is 5.82 Å². The summed E-state index contributed by atoms with van der Waals surface area (Å²) in [7, 11) is 0. The smallest absolute Gasteiger partial charge is 0.128 e. The fraction of sp³-hybridized carbons (Fsp3) is 0.333. The molecule has 1 rings (SSSR count). The maximum atomic E-state index is 13.1. The maximum Gasteiger partial charge on any atom is 0.128 e. The highest BCUT2D eigenvalue weighted by Crippen LogP contribution is 2.24. The molecule has 0 spiro atoms. The second-order valence-electron chi connectivity index (χ2n) is 2.95. The first kappa shape index (κ1) is 9.80. The van der Waals surface area contributed by atoms with Gasteiger partial charge in [0.15, 0.2) is 0 Å². The van der Waals surface area contributed by atoms with Crippen LogP contribution in [0.5, 0.6) is 0 Å². The summed E-state index contributed by atoms with van der Waals surface area (Å²) in [5, 5.41) is 1.41. The van der Waals surface area contributed by atoms with E-state index in [0.29, 0.717) is 23.5 Å². The molecule has 0 unspecified atom stereocenters. The van der Waals surface area contributed by atoms with Gasteiger partial charge in [0, 0.05) is 12.6 Å². The van der Waals surface area contributed by atoms with Gasteiger partial charge in [-0.2, -0.15) is 0 Å². The van der Waals surface area contributed by atoms with Gasteiger partial charge in [0.1, 0.15) is 5.82 Å². The van der Waals surface area contributed by atoms with Gasteiger partial charge in [0.25, 0.3) is 0 Å². The van der Waals surface area contributed by atoms with Crippen molar-refractivity contribution in [3.63, 3.8) is 0 Å². The summed E-state index contributed by atoms with van der Waals surface area (Å²) >= 11 is 0. The first-order valence-corrected chi connectivity index (χ1v) is 4.14. The molecule has 3 nitrogen and oxygen atoms in total. The predicted molar refractivity (Wildman–Crippen MR) is 52.8 cm³/mol. The molecule has 72 valence electrons. The van der Waals surface area contributed by atoms with E-state index in [2.05, 4.69) is 0 Å². The lowest BCUT2D eigenvalue weighted by Crippen LogP contribution is -2.31. The molecule has 0 aliphatic carbocycles. The first-order valence-electron chi connectivity index (χ1n) is 4.14. The molecule has 1 aromatic carbocycles. The Labute approximate surface area is 77.1 Å². The molecule has 13 heavy (non-hydrogen) atoms. The Morgan fingerprint density at radius 2 is 2.08 bits per heavy atom. The number of hydrogen-bond donors (Lipinski definition) is 2. The topological polar surface area (TPSA) is 55.3 Å². The number of rotatable bonds is 2. The van der Waals surface area contributed by atoms with Crippen molar-refractivity contribution >= 4 is 11.4 Å². The molecule has 0 radical (unpaired) electrons. The lowest BCUT2D eigenvalue weighted by molar-refractivity contribution is 0.618. The van der Waals surface area contributed by atoms with E-state index < -0.39 is 0 Å². The lowest BCUT2D eigenvalue weighted by Gasteiger charge is -2.18. The van der Waals surface area contributed by atoms with E-state index in [9.17, 15) is 4.39 Å². The summed E-state index contributed by atoms with van der Waals surface area (Å²) in [6.45, 7) is 4.13. The summed E-state index contributed by atoms with van der Waals surface area (Å²) < 4.78 is 13.1. The standard InChI is InChI=1S/C9H14FN3/c1-3-13(12)9-5-7(10)6(2)4-8(9)11/h4-5H,3,11-12H2,1-2H3. The van der Waals surface area contributed by atoms with Crippen LogP contribution in [0.15, 0.2) is 12.1 Å². The van der Waals surface area contributed by atoms with Gasteiger partial charge >= 0.3 is 0 Å². The third kappa shape index (κ3) is 1.89. The first-order chi connectivity index (χ1) is 6.06. The highest BCUT2D eigenvalue weighted by Gasteiger charge is 2.07. The quantitative estimate of drug-likeness (QED) is 0.414. The molecular formula is C9H14FN3. The maximum absolute atomic E-state index is 13.1. The summed E-state index contributed by atoms with van der Waals surface area (Å²) in [6, 6.07) is 2.94. The average molecular weight is 183 g/mol. The minimum absolute atomic E-state index is 0.284. The van der Waals surface area contributed by atoms with Gasteiger partial charge in [-0.25, -0.2) is 10.2 Å². The van der Waals surface area contributed by atoms with E-state index in [1.807, 2.05) is 6.92 Å². The summed E-state index contributed by atoms with van der Waals surface area (Å²) in [5.41, 5.74) is 7.25. The molecule has 4 heteroatoms. The molecule has 0 atom stereocenters. The molecular weight excluding hydrogens is 169 g/mol. The minimum atomic E-state index is -0.284. The van der Waals surface area contributed by atoms with Gasteiger partial charge in [0.2, 0.25) is 0 Å². The number of benzene rings is 1. The van der Waals surface area contributed by atoms with E-state index in [1.165, 1.54) is 11.1 Å². The second kappa shape index (κ2) is 3.62.